The number of allylic oxidation sites excluding steroid dienone is 1. The summed E-state index contributed by atoms with van der Waals surface area (Å²) in [6, 6.07) is 0. The lowest BCUT2D eigenvalue weighted by molar-refractivity contribution is -0.245. The molecule has 1 aliphatic carbocycles. The van der Waals surface area contributed by atoms with Gasteiger partial charge in [0.2, 0.25) is 0 Å². The summed E-state index contributed by atoms with van der Waals surface area (Å²) in [7, 11) is 0. The van der Waals surface area contributed by atoms with Crippen molar-refractivity contribution >= 4 is 0 Å². The Morgan fingerprint density at radius 1 is 1.40 bits per heavy atom. The van der Waals surface area contributed by atoms with Gasteiger partial charge in [0.05, 0.1) is 12.2 Å². The summed E-state index contributed by atoms with van der Waals surface area (Å²) in [5, 5.41) is 0. The average Bonchev–Trinajstić information content (AvgIpc) is 1.99. The SMILES string of the molecule is CC1=CC(OC(C)(C)OC(C)C)CCC1. The van der Waals surface area contributed by atoms with Crippen LogP contribution in [-0.4, -0.2) is 18.0 Å². The molecule has 0 aliphatic heterocycles. The molecule has 15 heavy (non-hydrogen) atoms. The zero-order valence-corrected chi connectivity index (χ0v) is 10.7. The highest BCUT2D eigenvalue weighted by Crippen LogP contribution is 2.25. The van der Waals surface area contributed by atoms with E-state index in [4.69, 9.17) is 9.47 Å². The van der Waals surface area contributed by atoms with E-state index in [0.717, 1.165) is 6.42 Å². The second kappa shape index (κ2) is 5.13. The van der Waals surface area contributed by atoms with Crippen molar-refractivity contribution in [2.75, 3.05) is 0 Å². The Balaban J connectivity index is 2.49. The molecule has 0 spiro atoms. The van der Waals surface area contributed by atoms with Gasteiger partial charge in [0, 0.05) is 0 Å². The molecule has 0 N–H and O–H groups in total. The zero-order chi connectivity index (χ0) is 11.5. The van der Waals surface area contributed by atoms with Crippen molar-refractivity contribution in [1.82, 2.24) is 0 Å². The Bertz CT molecular complexity index is 229. The zero-order valence-electron chi connectivity index (χ0n) is 10.7. The van der Waals surface area contributed by atoms with E-state index >= 15 is 0 Å². The molecule has 0 amide bonds. The van der Waals surface area contributed by atoms with Crippen molar-refractivity contribution in [1.29, 1.82) is 0 Å². The minimum atomic E-state index is -0.479. The fourth-order valence-electron chi connectivity index (χ4n) is 2.12. The van der Waals surface area contributed by atoms with Gasteiger partial charge in [-0.3, -0.25) is 0 Å². The van der Waals surface area contributed by atoms with Gasteiger partial charge >= 0.3 is 0 Å². The maximum Gasteiger partial charge on any atom is 0.163 e. The molecule has 1 aliphatic rings. The van der Waals surface area contributed by atoms with Gasteiger partial charge in [0.15, 0.2) is 5.79 Å². The molecule has 0 aromatic rings. The van der Waals surface area contributed by atoms with Crippen molar-refractivity contribution in [2.24, 2.45) is 0 Å². The van der Waals surface area contributed by atoms with E-state index in [1.807, 2.05) is 27.7 Å². The third-order valence-electron chi connectivity index (χ3n) is 2.48. The fourth-order valence-corrected chi connectivity index (χ4v) is 2.12. The first-order valence-corrected chi connectivity index (χ1v) is 5.92. The first-order valence-electron chi connectivity index (χ1n) is 5.92. The summed E-state index contributed by atoms with van der Waals surface area (Å²) >= 11 is 0. The van der Waals surface area contributed by atoms with Crippen LogP contribution in [-0.2, 0) is 9.47 Å². The predicted molar refractivity (Wildman–Crippen MR) is 62.8 cm³/mol. The van der Waals surface area contributed by atoms with Crippen molar-refractivity contribution in [3.8, 4) is 0 Å². The van der Waals surface area contributed by atoms with Crippen molar-refractivity contribution < 1.29 is 9.47 Å². The van der Waals surface area contributed by atoms with Crippen LogP contribution in [0, 0.1) is 0 Å². The van der Waals surface area contributed by atoms with Crippen molar-refractivity contribution in [3.63, 3.8) is 0 Å². The smallest absolute Gasteiger partial charge is 0.163 e. The van der Waals surface area contributed by atoms with Gasteiger partial charge in [-0.15, -0.1) is 0 Å². The summed E-state index contributed by atoms with van der Waals surface area (Å²) in [6.45, 7) is 10.2. The van der Waals surface area contributed by atoms with Crippen molar-refractivity contribution in [2.45, 2.75) is 71.9 Å². The van der Waals surface area contributed by atoms with E-state index in [1.165, 1.54) is 18.4 Å². The van der Waals surface area contributed by atoms with Crippen LogP contribution < -0.4 is 0 Å². The van der Waals surface area contributed by atoms with Crippen LogP contribution in [0.3, 0.4) is 0 Å². The topological polar surface area (TPSA) is 18.5 Å². The first-order chi connectivity index (χ1) is 6.89. The number of rotatable bonds is 4. The Kier molecular flexibility index (Phi) is 4.35. The molecule has 0 saturated carbocycles. The summed E-state index contributed by atoms with van der Waals surface area (Å²) in [6.07, 6.45) is 6.22. The average molecular weight is 212 g/mol. The van der Waals surface area contributed by atoms with Gasteiger partial charge in [-0.25, -0.2) is 0 Å². The lowest BCUT2D eigenvalue weighted by Gasteiger charge is -2.33. The van der Waals surface area contributed by atoms with Crippen LogP contribution in [0.15, 0.2) is 11.6 Å². The summed E-state index contributed by atoms with van der Waals surface area (Å²) in [5.41, 5.74) is 1.44. The Hall–Kier alpha value is -0.340. The van der Waals surface area contributed by atoms with E-state index in [0.29, 0.717) is 0 Å². The van der Waals surface area contributed by atoms with E-state index in [1.54, 1.807) is 0 Å². The van der Waals surface area contributed by atoms with Gasteiger partial charge in [-0.05, 0) is 53.9 Å². The Labute approximate surface area is 93.7 Å². The lowest BCUT2D eigenvalue weighted by atomic mass is 9.98. The second-order valence-corrected chi connectivity index (χ2v) is 5.13. The van der Waals surface area contributed by atoms with Crippen LogP contribution in [0.1, 0.15) is 53.9 Å². The Morgan fingerprint density at radius 2 is 2.07 bits per heavy atom. The quantitative estimate of drug-likeness (QED) is 0.523. The summed E-state index contributed by atoms with van der Waals surface area (Å²) in [5.74, 6) is -0.479. The molecule has 1 atom stereocenters. The van der Waals surface area contributed by atoms with Gasteiger partial charge in [0.1, 0.15) is 0 Å². The first kappa shape index (κ1) is 12.7. The van der Waals surface area contributed by atoms with Crippen molar-refractivity contribution in [3.05, 3.63) is 11.6 Å². The normalized spacial score (nSPS) is 23.1. The fraction of sp³-hybridized carbons (Fsp3) is 0.846. The maximum atomic E-state index is 5.96. The number of hydrogen-bond acceptors (Lipinski definition) is 2. The minimum absolute atomic E-state index is 0.202. The van der Waals surface area contributed by atoms with E-state index in [9.17, 15) is 0 Å². The van der Waals surface area contributed by atoms with E-state index < -0.39 is 5.79 Å². The second-order valence-electron chi connectivity index (χ2n) is 5.13. The molecule has 0 aromatic carbocycles. The molecule has 0 radical (unpaired) electrons. The number of hydrogen-bond donors (Lipinski definition) is 0. The van der Waals surface area contributed by atoms with Crippen LogP contribution in [0.25, 0.3) is 0 Å². The molecule has 2 heteroatoms. The largest absolute Gasteiger partial charge is 0.348 e. The van der Waals surface area contributed by atoms with Gasteiger partial charge in [-0.1, -0.05) is 11.6 Å². The molecule has 0 bridgehead atoms. The molecular weight excluding hydrogens is 188 g/mol. The standard InChI is InChI=1S/C13H24O2/c1-10(2)14-13(4,5)15-12-8-6-7-11(3)9-12/h9-10,12H,6-8H2,1-5H3. The van der Waals surface area contributed by atoms with Crippen LogP contribution in [0.5, 0.6) is 0 Å². The summed E-state index contributed by atoms with van der Waals surface area (Å²) < 4.78 is 11.7. The van der Waals surface area contributed by atoms with Gasteiger partial charge < -0.3 is 9.47 Å². The molecule has 88 valence electrons. The highest BCUT2D eigenvalue weighted by atomic mass is 16.7. The molecule has 0 saturated heterocycles. The van der Waals surface area contributed by atoms with Gasteiger partial charge in [-0.2, -0.15) is 0 Å². The maximum absolute atomic E-state index is 5.96. The third-order valence-corrected chi connectivity index (χ3v) is 2.48. The monoisotopic (exact) mass is 212 g/mol. The molecular formula is C13H24O2. The highest BCUT2D eigenvalue weighted by Gasteiger charge is 2.25. The number of ether oxygens (including phenoxy) is 2. The molecule has 0 heterocycles. The van der Waals surface area contributed by atoms with Crippen LogP contribution in [0.4, 0.5) is 0 Å². The molecule has 0 fully saturated rings. The molecule has 0 aromatic heterocycles. The van der Waals surface area contributed by atoms with E-state index in [2.05, 4.69) is 13.0 Å². The summed E-state index contributed by atoms with van der Waals surface area (Å²) in [4.78, 5) is 0. The predicted octanol–water partition coefficient (Wildman–Crippen LogP) is 3.66. The minimum Gasteiger partial charge on any atom is -0.348 e. The van der Waals surface area contributed by atoms with Crippen LogP contribution >= 0.6 is 0 Å². The lowest BCUT2D eigenvalue weighted by Crippen LogP contribution is -2.35. The molecule has 1 rings (SSSR count). The molecule has 1 unspecified atom stereocenters. The van der Waals surface area contributed by atoms with Gasteiger partial charge in [0.25, 0.3) is 0 Å². The van der Waals surface area contributed by atoms with Crippen LogP contribution in [0.2, 0.25) is 0 Å². The van der Waals surface area contributed by atoms with E-state index in [-0.39, 0.29) is 12.2 Å². The third kappa shape index (κ3) is 4.80. The highest BCUT2D eigenvalue weighted by molar-refractivity contribution is 5.06. The molecule has 2 nitrogen and oxygen atoms in total. The Morgan fingerprint density at radius 3 is 2.60 bits per heavy atom.